The number of halogens is 2. The van der Waals surface area contributed by atoms with Gasteiger partial charge in [-0.05, 0) is 124 Å². The van der Waals surface area contributed by atoms with E-state index in [9.17, 15) is 8.78 Å². The van der Waals surface area contributed by atoms with E-state index in [1.165, 1.54) is 70.6 Å². The Kier molecular flexibility index (Phi) is 6.61. The van der Waals surface area contributed by atoms with E-state index in [0.717, 1.165) is 48.0 Å². The molecule has 0 aliphatic heterocycles. The smallest absolute Gasteiger partial charge is 0.190 e. The largest absolute Gasteiger partial charge is 0.491 e. The zero-order valence-corrected chi connectivity index (χ0v) is 18.0. The van der Waals surface area contributed by atoms with Gasteiger partial charge in [-0.25, -0.2) is 8.78 Å². The standard InChI is InChI=1S/C26H36F2O/c1-3-4-17-5-7-18(8-6-17)19-9-10-21-14-22(12-11-20(21)13-19)23-15-24(27)26(29-2)25(28)16-23/h3-4,15-22H,5-14H2,1-2H3/b4-3+. The highest BCUT2D eigenvalue weighted by atomic mass is 19.1. The lowest BCUT2D eigenvalue weighted by Crippen LogP contribution is -2.34. The summed E-state index contributed by atoms with van der Waals surface area (Å²) in [6.07, 6.45) is 17.6. The molecule has 3 aliphatic carbocycles. The third-order valence-corrected chi connectivity index (χ3v) is 8.30. The first-order valence-corrected chi connectivity index (χ1v) is 11.7. The van der Waals surface area contributed by atoms with Gasteiger partial charge in [0.15, 0.2) is 17.4 Å². The van der Waals surface area contributed by atoms with E-state index in [2.05, 4.69) is 19.1 Å². The summed E-state index contributed by atoms with van der Waals surface area (Å²) in [6.45, 7) is 2.14. The molecule has 0 bridgehead atoms. The molecular weight excluding hydrogens is 366 g/mol. The summed E-state index contributed by atoms with van der Waals surface area (Å²) in [4.78, 5) is 0. The molecule has 3 heteroatoms. The Bertz CT molecular complexity index is 696. The minimum Gasteiger partial charge on any atom is -0.491 e. The maximum atomic E-state index is 14.2. The number of hydrogen-bond acceptors (Lipinski definition) is 1. The highest BCUT2D eigenvalue weighted by molar-refractivity contribution is 5.33. The molecule has 3 saturated carbocycles. The Morgan fingerprint density at radius 3 is 1.97 bits per heavy atom. The van der Waals surface area contributed by atoms with Crippen LogP contribution in [-0.4, -0.2) is 7.11 Å². The van der Waals surface area contributed by atoms with Crippen molar-refractivity contribution >= 4 is 0 Å². The summed E-state index contributed by atoms with van der Waals surface area (Å²) >= 11 is 0. The molecule has 0 spiro atoms. The van der Waals surface area contributed by atoms with Crippen LogP contribution in [-0.2, 0) is 0 Å². The first-order chi connectivity index (χ1) is 14.1. The van der Waals surface area contributed by atoms with E-state index in [1.54, 1.807) is 0 Å². The van der Waals surface area contributed by atoms with Crippen LogP contribution in [0.3, 0.4) is 0 Å². The maximum Gasteiger partial charge on any atom is 0.190 e. The molecule has 4 unspecified atom stereocenters. The highest BCUT2D eigenvalue weighted by Crippen LogP contribution is 2.51. The van der Waals surface area contributed by atoms with Crippen molar-refractivity contribution in [3.05, 3.63) is 41.5 Å². The predicted octanol–water partition coefficient (Wildman–Crippen LogP) is 7.66. The summed E-state index contributed by atoms with van der Waals surface area (Å²) in [7, 11) is 1.32. The minimum atomic E-state index is -0.568. The molecule has 0 aromatic heterocycles. The monoisotopic (exact) mass is 402 g/mol. The lowest BCUT2D eigenvalue weighted by atomic mass is 9.60. The molecule has 3 aliphatic rings. The third kappa shape index (κ3) is 4.54. The fourth-order valence-electron chi connectivity index (χ4n) is 6.75. The van der Waals surface area contributed by atoms with Crippen LogP contribution in [0.1, 0.15) is 82.6 Å². The van der Waals surface area contributed by atoms with Crippen molar-refractivity contribution in [1.29, 1.82) is 0 Å². The molecule has 4 rings (SSSR count). The summed E-state index contributed by atoms with van der Waals surface area (Å²) in [5.41, 5.74) is 0.823. The van der Waals surface area contributed by atoms with E-state index in [4.69, 9.17) is 4.74 Å². The predicted molar refractivity (Wildman–Crippen MR) is 114 cm³/mol. The number of hydrogen-bond donors (Lipinski definition) is 0. The number of ether oxygens (including phenoxy) is 1. The normalized spacial score (nSPS) is 35.4. The van der Waals surface area contributed by atoms with Crippen LogP contribution in [0, 0.1) is 41.2 Å². The lowest BCUT2D eigenvalue weighted by Gasteiger charge is -2.45. The third-order valence-electron chi connectivity index (χ3n) is 8.30. The number of methoxy groups -OCH3 is 1. The van der Waals surface area contributed by atoms with E-state index in [0.29, 0.717) is 5.92 Å². The van der Waals surface area contributed by atoms with Crippen molar-refractivity contribution in [1.82, 2.24) is 0 Å². The average molecular weight is 403 g/mol. The molecule has 0 amide bonds. The van der Waals surface area contributed by atoms with Crippen LogP contribution >= 0.6 is 0 Å². The number of benzene rings is 1. The van der Waals surface area contributed by atoms with Crippen LogP contribution in [0.25, 0.3) is 0 Å². The molecular formula is C26H36F2O. The fourth-order valence-corrected chi connectivity index (χ4v) is 6.75. The van der Waals surface area contributed by atoms with Crippen molar-refractivity contribution in [2.45, 2.75) is 77.0 Å². The van der Waals surface area contributed by atoms with Gasteiger partial charge in [-0.15, -0.1) is 0 Å². The molecule has 0 N–H and O–H groups in total. The van der Waals surface area contributed by atoms with Crippen molar-refractivity contribution in [2.75, 3.05) is 7.11 Å². The van der Waals surface area contributed by atoms with Gasteiger partial charge in [-0.2, -0.15) is 0 Å². The Hall–Kier alpha value is -1.38. The molecule has 0 radical (unpaired) electrons. The first kappa shape index (κ1) is 20.9. The molecule has 29 heavy (non-hydrogen) atoms. The minimum absolute atomic E-state index is 0.257. The molecule has 1 nitrogen and oxygen atoms in total. The second kappa shape index (κ2) is 9.18. The van der Waals surface area contributed by atoms with Crippen LogP contribution in [0.2, 0.25) is 0 Å². The molecule has 160 valence electrons. The molecule has 0 saturated heterocycles. The molecule has 4 atom stereocenters. The average Bonchev–Trinajstić information content (AvgIpc) is 2.73. The van der Waals surface area contributed by atoms with Crippen molar-refractivity contribution in [2.24, 2.45) is 29.6 Å². The topological polar surface area (TPSA) is 9.23 Å². The zero-order chi connectivity index (χ0) is 20.4. The van der Waals surface area contributed by atoms with E-state index in [1.807, 2.05) is 0 Å². The molecule has 0 heterocycles. The SMILES string of the molecule is C/C=C/C1CCC(C2CCC3CC(c4cc(F)c(OC)c(F)c4)CCC3C2)CC1. The zero-order valence-electron chi connectivity index (χ0n) is 18.0. The van der Waals surface area contributed by atoms with E-state index in [-0.39, 0.29) is 5.75 Å². The van der Waals surface area contributed by atoms with Crippen LogP contribution < -0.4 is 4.74 Å². The second-order valence-corrected chi connectivity index (χ2v) is 9.82. The Morgan fingerprint density at radius 1 is 0.793 bits per heavy atom. The van der Waals surface area contributed by atoms with Gasteiger partial charge in [0.25, 0.3) is 0 Å². The van der Waals surface area contributed by atoms with Gasteiger partial charge < -0.3 is 4.74 Å². The van der Waals surface area contributed by atoms with E-state index < -0.39 is 11.6 Å². The summed E-state index contributed by atoms with van der Waals surface area (Å²) in [6, 6.07) is 3.00. The molecule has 1 aromatic carbocycles. The Morgan fingerprint density at radius 2 is 1.34 bits per heavy atom. The van der Waals surface area contributed by atoms with E-state index >= 15 is 0 Å². The van der Waals surface area contributed by atoms with Gasteiger partial charge in [0.05, 0.1) is 7.11 Å². The fraction of sp³-hybridized carbons (Fsp3) is 0.692. The summed E-state index contributed by atoms with van der Waals surface area (Å²) in [5.74, 6) is 3.11. The second-order valence-electron chi connectivity index (χ2n) is 9.82. The van der Waals surface area contributed by atoms with Gasteiger partial charge in [-0.3, -0.25) is 0 Å². The van der Waals surface area contributed by atoms with Crippen LogP contribution in [0.5, 0.6) is 5.75 Å². The Labute approximate surface area is 174 Å². The van der Waals surface area contributed by atoms with Gasteiger partial charge in [0.1, 0.15) is 0 Å². The number of rotatable bonds is 4. The van der Waals surface area contributed by atoms with Crippen LogP contribution in [0.15, 0.2) is 24.3 Å². The first-order valence-electron chi connectivity index (χ1n) is 11.7. The van der Waals surface area contributed by atoms with Gasteiger partial charge in [-0.1, -0.05) is 12.2 Å². The van der Waals surface area contributed by atoms with Crippen molar-refractivity contribution in [3.8, 4) is 5.75 Å². The quantitative estimate of drug-likeness (QED) is 0.470. The van der Waals surface area contributed by atoms with Crippen molar-refractivity contribution < 1.29 is 13.5 Å². The summed E-state index contributed by atoms with van der Waals surface area (Å²) < 4.78 is 33.2. The van der Waals surface area contributed by atoms with Crippen molar-refractivity contribution in [3.63, 3.8) is 0 Å². The molecule has 1 aromatic rings. The lowest BCUT2D eigenvalue weighted by molar-refractivity contribution is 0.0747. The van der Waals surface area contributed by atoms with Crippen LogP contribution in [0.4, 0.5) is 8.78 Å². The number of fused-ring (bicyclic) bond motifs is 1. The van der Waals surface area contributed by atoms with Gasteiger partial charge in [0, 0.05) is 0 Å². The Balaban J connectivity index is 1.34. The van der Waals surface area contributed by atoms with Gasteiger partial charge >= 0.3 is 0 Å². The van der Waals surface area contributed by atoms with Gasteiger partial charge in [0.2, 0.25) is 0 Å². The molecule has 3 fully saturated rings. The number of allylic oxidation sites excluding steroid dienone is 2. The highest BCUT2D eigenvalue weighted by Gasteiger charge is 2.39. The maximum absolute atomic E-state index is 14.2. The summed E-state index contributed by atoms with van der Waals surface area (Å²) in [5, 5.41) is 0.